The Balaban J connectivity index is 1.94. The first-order valence-corrected chi connectivity index (χ1v) is 20.2. The van der Waals surface area contributed by atoms with E-state index >= 15 is 0 Å². The Hall–Kier alpha value is -1.69. The lowest BCUT2D eigenvalue weighted by Gasteiger charge is -2.37. The van der Waals surface area contributed by atoms with Gasteiger partial charge in [0.2, 0.25) is 5.95 Å². The van der Waals surface area contributed by atoms with Crippen molar-refractivity contribution in [1.29, 1.82) is 0 Å². The number of aromatic nitrogens is 3. The lowest BCUT2D eigenvalue weighted by atomic mass is 10.1. The van der Waals surface area contributed by atoms with E-state index in [9.17, 15) is 9.59 Å². The second-order valence-corrected chi connectivity index (χ2v) is 23.8. The van der Waals surface area contributed by atoms with E-state index < -0.39 is 46.9 Å². The zero-order chi connectivity index (χ0) is 28.5. The van der Waals surface area contributed by atoms with E-state index in [4.69, 9.17) is 29.1 Å². The summed E-state index contributed by atoms with van der Waals surface area (Å²) >= 11 is 0.981. The number of ether oxygens (including phenoxy) is 4. The molecule has 2 aromatic rings. The van der Waals surface area contributed by atoms with E-state index in [1.165, 1.54) is 17.7 Å². The first-order valence-electron chi connectivity index (χ1n) is 12.8. The minimum absolute atomic E-state index is 0.0308. The quantitative estimate of drug-likeness (QED) is 0.178. The molecular formula is C24H42N4O7SSi2. The lowest BCUT2D eigenvalue weighted by molar-refractivity contribution is -0.165. The predicted molar refractivity (Wildman–Crippen MR) is 153 cm³/mol. The van der Waals surface area contributed by atoms with E-state index in [1.54, 1.807) is 0 Å². The van der Waals surface area contributed by atoms with E-state index in [2.05, 4.69) is 63.5 Å². The number of esters is 1. The number of hydrogen-bond acceptors (Lipinski definition) is 11. The van der Waals surface area contributed by atoms with Crippen molar-refractivity contribution in [3.8, 4) is 0 Å². The van der Waals surface area contributed by atoms with E-state index in [-0.39, 0.29) is 29.3 Å². The highest BCUT2D eigenvalue weighted by Gasteiger charge is 2.51. The molecule has 0 unspecified atom stereocenters. The molecule has 1 aliphatic heterocycles. The molecule has 11 nitrogen and oxygen atoms in total. The maximum Gasteiger partial charge on any atom is 0.311 e. The molecule has 4 atom stereocenters. The molecule has 0 radical (unpaired) electrons. The Morgan fingerprint density at radius 2 is 1.89 bits per heavy atom. The van der Waals surface area contributed by atoms with Crippen LogP contribution in [0.25, 0.3) is 10.3 Å². The molecule has 0 spiro atoms. The topological polar surface area (TPSA) is 137 Å². The number of carbonyl (C=O) groups excluding carboxylic acids is 1. The molecule has 1 saturated heterocycles. The molecule has 3 heterocycles. The van der Waals surface area contributed by atoms with Crippen molar-refractivity contribution in [3.05, 3.63) is 15.9 Å². The molecule has 214 valence electrons. The Kier molecular flexibility index (Phi) is 9.59. The average Bonchev–Trinajstić information content (AvgIpc) is 3.26. The van der Waals surface area contributed by atoms with Gasteiger partial charge in [-0.05, 0) is 24.2 Å². The van der Waals surface area contributed by atoms with Gasteiger partial charge in [-0.15, -0.1) is 0 Å². The van der Waals surface area contributed by atoms with Crippen molar-refractivity contribution in [1.82, 2.24) is 14.5 Å². The van der Waals surface area contributed by atoms with Gasteiger partial charge in [0.05, 0.1) is 17.5 Å². The third kappa shape index (κ3) is 7.49. The van der Waals surface area contributed by atoms with Crippen LogP contribution in [0.5, 0.6) is 0 Å². The monoisotopic (exact) mass is 586 g/mol. The fraction of sp³-hybridized carbons (Fsp3) is 0.750. The Labute approximate surface area is 230 Å². The van der Waals surface area contributed by atoms with Crippen LogP contribution in [0, 0.1) is 0 Å². The van der Waals surface area contributed by atoms with E-state index in [0.717, 1.165) is 17.4 Å². The van der Waals surface area contributed by atoms with Gasteiger partial charge in [-0.25, -0.2) is 4.98 Å². The maximum atomic E-state index is 13.1. The van der Waals surface area contributed by atoms with Crippen molar-refractivity contribution < 1.29 is 28.2 Å². The van der Waals surface area contributed by atoms with Crippen molar-refractivity contribution >= 4 is 50.0 Å². The second-order valence-electron chi connectivity index (χ2n) is 12.3. The van der Waals surface area contributed by atoms with Crippen molar-refractivity contribution in [2.24, 2.45) is 0 Å². The van der Waals surface area contributed by atoms with Crippen molar-refractivity contribution in [3.63, 3.8) is 0 Å². The average molecular weight is 587 g/mol. The van der Waals surface area contributed by atoms with Crippen LogP contribution in [0.4, 0.5) is 5.95 Å². The fourth-order valence-corrected chi connectivity index (χ4v) is 6.29. The van der Waals surface area contributed by atoms with Gasteiger partial charge in [-0.2, -0.15) is 4.98 Å². The van der Waals surface area contributed by atoms with Gasteiger partial charge >= 0.3 is 10.8 Å². The first-order chi connectivity index (χ1) is 17.5. The molecular weight excluding hydrogens is 545 g/mol. The normalized spacial score (nSPS) is 22.8. The summed E-state index contributed by atoms with van der Waals surface area (Å²) in [7, 11) is -3.44. The molecule has 0 aliphatic carbocycles. The highest BCUT2D eigenvalue weighted by molar-refractivity contribution is 7.16. The fourth-order valence-electron chi connectivity index (χ4n) is 3.71. The molecule has 2 aromatic heterocycles. The van der Waals surface area contributed by atoms with Crippen molar-refractivity contribution in [2.75, 3.05) is 25.7 Å². The van der Waals surface area contributed by atoms with Gasteiger partial charge in [-0.3, -0.25) is 14.2 Å². The molecule has 0 saturated carbocycles. The molecule has 0 bridgehead atoms. The number of thiazole rings is 1. The van der Waals surface area contributed by atoms with E-state index in [1.807, 2.05) is 0 Å². The Bertz CT molecular complexity index is 1180. The first kappa shape index (κ1) is 30.8. The summed E-state index contributed by atoms with van der Waals surface area (Å²) in [6.07, 6.45) is -1.78. The largest absolute Gasteiger partial charge is 0.457 e. The van der Waals surface area contributed by atoms with Crippen LogP contribution in [-0.2, 0) is 28.2 Å². The number of carbonyl (C=O) groups is 1. The molecule has 38 heavy (non-hydrogen) atoms. The van der Waals surface area contributed by atoms with Crippen LogP contribution in [0.1, 0.15) is 33.9 Å². The van der Waals surface area contributed by atoms with E-state index in [0.29, 0.717) is 17.0 Å². The molecule has 14 heteroatoms. The zero-order valence-electron chi connectivity index (χ0n) is 23.9. The molecule has 0 amide bonds. The summed E-state index contributed by atoms with van der Waals surface area (Å²) in [6.45, 7) is 19.5. The Morgan fingerprint density at radius 1 is 1.21 bits per heavy atom. The van der Waals surface area contributed by atoms with Crippen LogP contribution in [0.2, 0.25) is 43.8 Å². The minimum atomic E-state index is -2.15. The van der Waals surface area contributed by atoms with Crippen molar-refractivity contribution in [2.45, 2.75) is 96.1 Å². The van der Waals surface area contributed by atoms with Gasteiger partial charge in [0.1, 0.15) is 19.0 Å². The Morgan fingerprint density at radius 3 is 2.50 bits per heavy atom. The summed E-state index contributed by atoms with van der Waals surface area (Å²) in [5, 5.41) is -0.0308. The van der Waals surface area contributed by atoms with Crippen LogP contribution >= 0.6 is 11.3 Å². The number of nitrogens with zero attached hydrogens (tertiary/aromatic N) is 3. The smallest absolute Gasteiger partial charge is 0.311 e. The highest BCUT2D eigenvalue weighted by Crippen LogP contribution is 2.39. The van der Waals surface area contributed by atoms with Gasteiger partial charge in [0, 0.05) is 21.6 Å². The van der Waals surface area contributed by atoms with Crippen LogP contribution in [-0.4, -0.2) is 75.2 Å². The summed E-state index contributed by atoms with van der Waals surface area (Å²) in [5.41, 5.74) is 6.17. The third-order valence-corrected chi connectivity index (χ3v) is 14.1. The SMILES string of the molecule is CC(=O)O[C@H]1[C@@H](OCOCC[Si](C)(C)C)[C@H](n2c(=O)sc3cnc(N)nc32)O[C@@H]1CO[Si](C)(C)C(C)(C)C. The van der Waals surface area contributed by atoms with Gasteiger partial charge in [0.15, 0.2) is 26.3 Å². The number of nitrogen functional groups attached to an aromatic ring is 1. The van der Waals surface area contributed by atoms with Gasteiger partial charge in [-0.1, -0.05) is 51.7 Å². The van der Waals surface area contributed by atoms with Crippen LogP contribution in [0.3, 0.4) is 0 Å². The van der Waals surface area contributed by atoms with Crippen LogP contribution in [0.15, 0.2) is 11.0 Å². The molecule has 3 rings (SSSR count). The molecule has 1 fully saturated rings. The maximum absolute atomic E-state index is 13.1. The number of anilines is 1. The second kappa shape index (κ2) is 11.8. The zero-order valence-corrected chi connectivity index (χ0v) is 26.7. The predicted octanol–water partition coefficient (Wildman–Crippen LogP) is 3.98. The summed E-state index contributed by atoms with van der Waals surface area (Å²) in [4.78, 5) is 33.3. The number of rotatable bonds is 11. The van der Waals surface area contributed by atoms with Gasteiger partial charge in [0.25, 0.3) is 0 Å². The number of fused-ring (bicyclic) bond motifs is 1. The standard InChI is InChI=1S/C24H42N4O7SSi2/c1-15(29)34-18-16(13-33-38(8,9)24(2,3)4)35-21(19(18)32-14-31-10-11-37(5,6)7)28-20-17(36-23(28)30)12-26-22(25)27-20/h12,16,18-19,21H,10-11,13-14H2,1-9H3,(H2,25,26,27)/t16-,18-,19-,21-/m1/s1. The molecule has 2 N–H and O–H groups in total. The summed E-state index contributed by atoms with van der Waals surface area (Å²) in [6, 6.07) is 0.974. The third-order valence-electron chi connectivity index (χ3n) is 6.97. The summed E-state index contributed by atoms with van der Waals surface area (Å²) in [5.74, 6) is -0.456. The molecule has 1 aliphatic rings. The van der Waals surface area contributed by atoms with Gasteiger partial charge < -0.3 is 29.1 Å². The minimum Gasteiger partial charge on any atom is -0.457 e. The molecule has 0 aromatic carbocycles. The lowest BCUT2D eigenvalue weighted by Crippen LogP contribution is -2.46. The number of hydrogen-bond donors (Lipinski definition) is 1. The highest BCUT2D eigenvalue weighted by atomic mass is 32.1. The number of nitrogens with two attached hydrogens (primary N) is 1. The van der Waals surface area contributed by atoms with Crippen LogP contribution < -0.4 is 10.6 Å². The summed E-state index contributed by atoms with van der Waals surface area (Å²) < 4.78 is 32.4.